The second-order valence-corrected chi connectivity index (χ2v) is 26.3. The Kier molecular flexibility index (Phi) is 19.1. The van der Waals surface area contributed by atoms with Gasteiger partial charge in [0.25, 0.3) is 0 Å². The Morgan fingerprint density at radius 3 is 1.75 bits per heavy atom. The van der Waals surface area contributed by atoms with Gasteiger partial charge < -0.3 is 39.2 Å². The Balaban J connectivity index is 0.000000121. The maximum absolute atomic E-state index is 6.05. The Labute approximate surface area is 591 Å². The van der Waals surface area contributed by atoms with Gasteiger partial charge in [0, 0.05) is 106 Å². The summed E-state index contributed by atoms with van der Waals surface area (Å²) in [7, 11) is 5.91. The summed E-state index contributed by atoms with van der Waals surface area (Å²) in [6, 6.07) is 84.2. The van der Waals surface area contributed by atoms with Crippen molar-refractivity contribution in [2.24, 2.45) is 0 Å². The first kappa shape index (κ1) is 65.8. The van der Waals surface area contributed by atoms with Crippen LogP contribution in [0.3, 0.4) is 0 Å². The van der Waals surface area contributed by atoms with Gasteiger partial charge in [0.15, 0.2) is 5.06 Å². The van der Waals surface area contributed by atoms with Crippen molar-refractivity contribution < 1.29 is 49.7 Å². The molecule has 3 aliphatic rings. The topological polar surface area (TPSA) is 76.5 Å². The van der Waals surface area contributed by atoms with Crippen LogP contribution in [0.2, 0.25) is 0 Å². The van der Waals surface area contributed by atoms with Gasteiger partial charge in [0.1, 0.15) is 5.75 Å². The third-order valence-electron chi connectivity index (χ3n) is 18.1. The Hall–Kier alpha value is -9.22. The number of thiophene rings is 2. The van der Waals surface area contributed by atoms with Gasteiger partial charge in [-0.05, 0) is 134 Å². The van der Waals surface area contributed by atoms with Crippen molar-refractivity contribution in [1.82, 2.24) is 19.9 Å². The molecule has 0 saturated heterocycles. The van der Waals surface area contributed by atoms with Crippen molar-refractivity contribution in [1.29, 1.82) is 0 Å². The fourth-order valence-electron chi connectivity index (χ4n) is 13.0. The third-order valence-corrected chi connectivity index (χ3v) is 20.3. The van der Waals surface area contributed by atoms with Crippen LogP contribution in [0.5, 0.6) is 16.6 Å². The second-order valence-electron chi connectivity index (χ2n) is 24.4. The Bertz CT molecular complexity index is 5090. The first-order valence-electron chi connectivity index (χ1n) is 31.0. The molecule has 1 aliphatic carbocycles. The van der Waals surface area contributed by atoms with Gasteiger partial charge in [0.05, 0.1) is 18.5 Å². The molecule has 2 aliphatic heterocycles. The van der Waals surface area contributed by atoms with Gasteiger partial charge in [-0.3, -0.25) is 0 Å². The van der Waals surface area contributed by atoms with Crippen LogP contribution in [0, 0.1) is 38.1 Å². The zero-order chi connectivity index (χ0) is 64.0. The number of pyridine rings is 4. The number of aryl methyl sites for hydroxylation is 2. The first-order valence-corrected chi connectivity index (χ1v) is 32.7. The van der Waals surface area contributed by atoms with Crippen LogP contribution < -0.4 is 19.3 Å². The predicted molar refractivity (Wildman–Crippen MR) is 385 cm³/mol. The van der Waals surface area contributed by atoms with Crippen molar-refractivity contribution in [3.63, 3.8) is 0 Å². The number of nitrogens with zero attached hydrogens (tertiary/aromatic N) is 6. The molecule has 95 heavy (non-hydrogen) atoms. The molecule has 0 unspecified atom stereocenters. The van der Waals surface area contributed by atoms with E-state index in [0.717, 1.165) is 67.3 Å². The van der Waals surface area contributed by atoms with Crippen LogP contribution in [-0.2, 0) is 51.0 Å². The molecule has 474 valence electrons. The number of aromatic nitrogens is 4. The molecule has 14 aromatic rings. The number of methoxy groups -OCH3 is 1. The normalized spacial score (nSPS) is 12.9. The number of fused-ring (bicyclic) bond motifs is 10. The predicted octanol–water partition coefficient (Wildman–Crippen LogP) is 21.5. The molecule has 0 bridgehead atoms. The van der Waals surface area contributed by atoms with E-state index in [0.29, 0.717) is 0 Å². The summed E-state index contributed by atoms with van der Waals surface area (Å²) in [6.45, 7) is 13.3. The zero-order valence-electron chi connectivity index (χ0n) is 54.0. The summed E-state index contributed by atoms with van der Waals surface area (Å²) in [4.78, 5) is 22.5. The first-order chi connectivity index (χ1) is 45.3. The number of hydrogen-bond donors (Lipinski definition) is 0. The monoisotopic (exact) mass is 1630 g/mol. The average Bonchev–Trinajstić information content (AvgIpc) is 1.66. The standard InChI is InChI=1S/C22H14NOS2.C22H20N.C20H16NO.C19H16N3.2Ir/c1-24-20-12-14(13-25-20)15-6-4-7-16-17-8-5-9-18(22(17)26-21(15)16)19-10-2-3-11-23-19;1-14-12-20(23-13-15(14)2)18-10-7-9-17-16-8-5-6-11-19(16)22(3,4)21(17)18;1-20(2)15-7-3-4-9-18(15)22-19-11-10-14(13-16(19)20)17-8-5-6-12-21-17;1-21-16-8-3-4-9-17(16)22(2)19-13-14(10-11-18(19)21)15-7-5-6-12-20-15;;/h2-8,10-13H,1H3;5-9,11-13H,1-4H3;2*3-9,11-13H,1-2H3;;/q4*-1;;. The van der Waals surface area contributed by atoms with E-state index in [1.165, 1.54) is 92.9 Å². The molecular formula is C83H66Ir2N6O2S2-4. The summed E-state index contributed by atoms with van der Waals surface area (Å²) in [6.07, 6.45) is 7.42. The van der Waals surface area contributed by atoms with E-state index < -0.39 is 0 Å². The average molecular weight is 1630 g/mol. The van der Waals surface area contributed by atoms with E-state index in [2.05, 4.69) is 230 Å². The molecular weight excluding hydrogens is 1560 g/mol. The number of benzene rings is 8. The molecule has 6 aromatic heterocycles. The van der Waals surface area contributed by atoms with Gasteiger partial charge in [-0.15, -0.1) is 112 Å². The van der Waals surface area contributed by atoms with Gasteiger partial charge in [-0.1, -0.05) is 165 Å². The van der Waals surface area contributed by atoms with Crippen LogP contribution in [0.4, 0.5) is 22.7 Å². The summed E-state index contributed by atoms with van der Waals surface area (Å²) in [5.74, 6) is 1.81. The number of hydrogen-bond acceptors (Lipinski definition) is 10. The molecule has 2 radical (unpaired) electrons. The van der Waals surface area contributed by atoms with Crippen molar-refractivity contribution in [2.45, 2.75) is 52.4 Å². The van der Waals surface area contributed by atoms with Crippen LogP contribution in [0.25, 0.3) is 87.5 Å². The van der Waals surface area contributed by atoms with Gasteiger partial charge >= 0.3 is 0 Å². The molecule has 8 aromatic carbocycles. The minimum absolute atomic E-state index is 0. The fraction of sp³-hybridized carbons (Fsp3) is 0.133. The summed E-state index contributed by atoms with van der Waals surface area (Å²) in [5.41, 5.74) is 25.4. The molecule has 0 amide bonds. The molecule has 12 heteroatoms. The van der Waals surface area contributed by atoms with E-state index in [4.69, 9.17) is 9.47 Å². The maximum Gasteiger partial charge on any atom is 0.173 e. The summed E-state index contributed by atoms with van der Waals surface area (Å²) in [5, 5.41) is 5.62. The minimum atomic E-state index is -0.108. The largest absolute Gasteiger partial charge is 0.501 e. The number of para-hydroxylation sites is 3. The van der Waals surface area contributed by atoms with E-state index in [9.17, 15) is 0 Å². The SMILES string of the molecule is CC1(C)c2ccccc2Oc2c[c-]c(-c3ccccn3)cc21.CN1c2c[c-]c(-c3ccccn3)cc2N(C)c2ccccc21.COc1cc(-c2cccc3c2sc2c(-c4ccccn4)[c-]ccc23)cs1.Cc1cnc(-c2[c-]ccc3c2C(C)(C)c2ccccc2-3)cc1C.[Ir].[Ir]. The van der Waals surface area contributed by atoms with Gasteiger partial charge in [0.2, 0.25) is 0 Å². The Morgan fingerprint density at radius 2 is 1.06 bits per heavy atom. The molecule has 0 fully saturated rings. The minimum Gasteiger partial charge on any atom is -0.501 e. The molecule has 8 nitrogen and oxygen atoms in total. The van der Waals surface area contributed by atoms with Crippen LogP contribution in [0.15, 0.2) is 236 Å². The quantitative estimate of drug-likeness (QED) is 0.152. The van der Waals surface area contributed by atoms with Gasteiger partial charge in [-0.2, -0.15) is 11.3 Å². The molecule has 8 heterocycles. The van der Waals surface area contributed by atoms with E-state index in [-0.39, 0.29) is 51.0 Å². The Morgan fingerprint density at radius 1 is 0.463 bits per heavy atom. The smallest absolute Gasteiger partial charge is 0.173 e. The summed E-state index contributed by atoms with van der Waals surface area (Å²) < 4.78 is 13.9. The number of ether oxygens (including phenoxy) is 2. The fourth-order valence-corrected chi connectivity index (χ4v) is 15.1. The van der Waals surface area contributed by atoms with E-state index >= 15 is 0 Å². The molecule has 0 atom stereocenters. The van der Waals surface area contributed by atoms with Crippen LogP contribution in [-0.4, -0.2) is 41.1 Å². The molecule has 0 spiro atoms. The van der Waals surface area contributed by atoms with Crippen molar-refractivity contribution in [2.75, 3.05) is 31.0 Å². The zero-order valence-corrected chi connectivity index (χ0v) is 60.4. The number of anilines is 4. The van der Waals surface area contributed by atoms with Crippen LogP contribution >= 0.6 is 22.7 Å². The maximum atomic E-state index is 6.05. The van der Waals surface area contributed by atoms with E-state index in [1.807, 2.05) is 121 Å². The second kappa shape index (κ2) is 27.6. The molecule has 17 rings (SSSR count). The molecule has 0 N–H and O–H groups in total. The van der Waals surface area contributed by atoms with Crippen molar-refractivity contribution in [3.8, 4) is 83.8 Å². The van der Waals surface area contributed by atoms with E-state index in [1.54, 1.807) is 24.6 Å². The molecule has 0 saturated carbocycles. The van der Waals surface area contributed by atoms with Gasteiger partial charge in [-0.25, -0.2) is 0 Å². The van der Waals surface area contributed by atoms with Crippen molar-refractivity contribution in [3.05, 3.63) is 294 Å². The number of rotatable bonds is 6. The van der Waals surface area contributed by atoms with Crippen LogP contribution in [0.1, 0.15) is 61.1 Å². The van der Waals surface area contributed by atoms with Crippen molar-refractivity contribution >= 4 is 65.6 Å². The third kappa shape index (κ3) is 12.5. The summed E-state index contributed by atoms with van der Waals surface area (Å²) >= 11 is 3.44.